The highest BCUT2D eigenvalue weighted by Crippen LogP contribution is 2.32. The number of carbonyl (C=O) groups is 2. The summed E-state index contributed by atoms with van der Waals surface area (Å²) in [5.74, 6) is 0.954. The standard InChI is InChI=1S/C23H24N4O6/c28-22(8-3-17-1-5-19(6-2-17)27(30)31)26-13-11-25(12-14-26)10-9-24-23(29)18-4-7-20-21(15-18)33-16-32-20/h1-8,15H,9-14,16H2,(H,24,29)/b8-3+. The van der Waals surface area contributed by atoms with E-state index < -0.39 is 4.92 Å². The van der Waals surface area contributed by atoms with Gasteiger partial charge >= 0.3 is 0 Å². The first-order valence-electron chi connectivity index (χ1n) is 10.6. The van der Waals surface area contributed by atoms with Crippen LogP contribution in [0.2, 0.25) is 0 Å². The second-order valence-electron chi connectivity index (χ2n) is 7.67. The van der Waals surface area contributed by atoms with E-state index in [1.807, 2.05) is 0 Å². The van der Waals surface area contributed by atoms with Gasteiger partial charge in [0.1, 0.15) is 0 Å². The van der Waals surface area contributed by atoms with E-state index in [2.05, 4.69) is 10.2 Å². The predicted molar refractivity (Wildman–Crippen MR) is 120 cm³/mol. The molecule has 2 heterocycles. The maximum absolute atomic E-state index is 12.4. The first-order valence-corrected chi connectivity index (χ1v) is 10.6. The maximum atomic E-state index is 12.4. The fraction of sp³-hybridized carbons (Fsp3) is 0.304. The van der Waals surface area contributed by atoms with E-state index in [9.17, 15) is 19.7 Å². The maximum Gasteiger partial charge on any atom is 0.269 e. The molecule has 0 spiro atoms. The van der Waals surface area contributed by atoms with Crippen LogP contribution in [-0.4, -0.2) is 72.6 Å². The van der Waals surface area contributed by atoms with Crippen LogP contribution in [0.3, 0.4) is 0 Å². The number of piperazine rings is 1. The van der Waals surface area contributed by atoms with Crippen molar-refractivity contribution < 1.29 is 24.0 Å². The molecule has 2 aliphatic heterocycles. The number of nitrogens with one attached hydrogen (secondary N) is 1. The van der Waals surface area contributed by atoms with Gasteiger partial charge in [0.05, 0.1) is 4.92 Å². The van der Waals surface area contributed by atoms with Crippen molar-refractivity contribution in [1.82, 2.24) is 15.1 Å². The van der Waals surface area contributed by atoms with E-state index in [1.165, 1.54) is 18.2 Å². The molecule has 1 N–H and O–H groups in total. The van der Waals surface area contributed by atoms with Crippen molar-refractivity contribution in [2.24, 2.45) is 0 Å². The van der Waals surface area contributed by atoms with Crippen LogP contribution < -0.4 is 14.8 Å². The van der Waals surface area contributed by atoms with Gasteiger partial charge in [-0.25, -0.2) is 0 Å². The second kappa shape index (κ2) is 10.1. The van der Waals surface area contributed by atoms with Crippen LogP contribution >= 0.6 is 0 Å². The molecule has 10 nitrogen and oxygen atoms in total. The molecule has 0 unspecified atom stereocenters. The summed E-state index contributed by atoms with van der Waals surface area (Å²) in [5, 5.41) is 13.6. The molecule has 172 valence electrons. The lowest BCUT2D eigenvalue weighted by Crippen LogP contribution is -2.49. The van der Waals surface area contributed by atoms with Gasteiger partial charge < -0.3 is 19.7 Å². The summed E-state index contributed by atoms with van der Waals surface area (Å²) in [7, 11) is 0. The van der Waals surface area contributed by atoms with Gasteiger partial charge in [-0.05, 0) is 42.0 Å². The zero-order chi connectivity index (χ0) is 23.2. The Kier molecular flexibility index (Phi) is 6.84. The summed E-state index contributed by atoms with van der Waals surface area (Å²) in [6.45, 7) is 3.99. The number of benzene rings is 2. The molecule has 0 bridgehead atoms. The van der Waals surface area contributed by atoms with Crippen LogP contribution in [0.4, 0.5) is 5.69 Å². The number of hydrogen-bond acceptors (Lipinski definition) is 7. The monoisotopic (exact) mass is 452 g/mol. The van der Waals surface area contributed by atoms with Gasteiger partial charge in [-0.3, -0.25) is 24.6 Å². The predicted octanol–water partition coefficient (Wildman–Crippen LogP) is 1.91. The minimum absolute atomic E-state index is 0.0154. The van der Waals surface area contributed by atoms with Crippen molar-refractivity contribution in [2.75, 3.05) is 46.1 Å². The SMILES string of the molecule is O=C(NCCN1CCN(C(=O)/C=C/c2ccc([N+](=O)[O-])cc2)CC1)c1ccc2c(c1)OCO2. The lowest BCUT2D eigenvalue weighted by molar-refractivity contribution is -0.384. The molecule has 1 saturated heterocycles. The lowest BCUT2D eigenvalue weighted by atomic mass is 10.2. The van der Waals surface area contributed by atoms with Crippen molar-refractivity contribution in [3.05, 3.63) is 69.8 Å². The Morgan fingerprint density at radius 2 is 1.76 bits per heavy atom. The number of carbonyl (C=O) groups excluding carboxylic acids is 2. The lowest BCUT2D eigenvalue weighted by Gasteiger charge is -2.34. The molecule has 0 radical (unpaired) electrons. The second-order valence-corrected chi connectivity index (χ2v) is 7.67. The highest BCUT2D eigenvalue weighted by molar-refractivity contribution is 5.95. The number of hydrogen-bond donors (Lipinski definition) is 1. The minimum Gasteiger partial charge on any atom is -0.454 e. The van der Waals surface area contributed by atoms with E-state index in [0.29, 0.717) is 43.2 Å². The summed E-state index contributed by atoms with van der Waals surface area (Å²) >= 11 is 0. The van der Waals surface area contributed by atoms with Crippen molar-refractivity contribution in [1.29, 1.82) is 0 Å². The van der Waals surface area contributed by atoms with E-state index in [-0.39, 0.29) is 24.3 Å². The van der Waals surface area contributed by atoms with Crippen molar-refractivity contribution in [3.63, 3.8) is 0 Å². The van der Waals surface area contributed by atoms with Gasteiger partial charge in [-0.2, -0.15) is 0 Å². The molecule has 0 aliphatic carbocycles. The summed E-state index contributed by atoms with van der Waals surface area (Å²) < 4.78 is 10.6. The Labute approximate surface area is 190 Å². The summed E-state index contributed by atoms with van der Waals surface area (Å²) in [4.78, 5) is 39.0. The number of fused-ring (bicyclic) bond motifs is 1. The van der Waals surface area contributed by atoms with Crippen molar-refractivity contribution in [2.45, 2.75) is 0 Å². The molecule has 0 saturated carbocycles. The first kappa shape index (κ1) is 22.3. The zero-order valence-corrected chi connectivity index (χ0v) is 17.9. The number of non-ortho nitro benzene ring substituents is 1. The fourth-order valence-corrected chi connectivity index (χ4v) is 3.64. The average molecular weight is 452 g/mol. The van der Waals surface area contributed by atoms with Gasteiger partial charge in [-0.15, -0.1) is 0 Å². The van der Waals surface area contributed by atoms with Gasteiger partial charge in [0, 0.05) is 63.0 Å². The molecular weight excluding hydrogens is 428 g/mol. The average Bonchev–Trinajstić information content (AvgIpc) is 3.31. The Morgan fingerprint density at radius 3 is 2.48 bits per heavy atom. The molecule has 2 amide bonds. The highest BCUT2D eigenvalue weighted by atomic mass is 16.7. The number of ether oxygens (including phenoxy) is 2. The molecule has 1 fully saturated rings. The third kappa shape index (κ3) is 5.66. The van der Waals surface area contributed by atoms with Gasteiger partial charge in [0.15, 0.2) is 11.5 Å². The highest BCUT2D eigenvalue weighted by Gasteiger charge is 2.20. The Morgan fingerprint density at radius 1 is 1.03 bits per heavy atom. The van der Waals surface area contributed by atoms with Gasteiger partial charge in [-0.1, -0.05) is 0 Å². The van der Waals surface area contributed by atoms with Crippen LogP contribution in [0.25, 0.3) is 6.08 Å². The molecule has 2 aromatic rings. The number of amides is 2. The van der Waals surface area contributed by atoms with Crippen LogP contribution in [0, 0.1) is 10.1 Å². The van der Waals surface area contributed by atoms with E-state index in [4.69, 9.17) is 9.47 Å². The number of rotatable bonds is 7. The quantitative estimate of drug-likeness (QED) is 0.388. The molecular formula is C23H24N4O6. The Hall–Kier alpha value is -3.92. The van der Waals surface area contributed by atoms with Gasteiger partial charge in [0.25, 0.3) is 11.6 Å². The smallest absolute Gasteiger partial charge is 0.269 e. The summed E-state index contributed by atoms with van der Waals surface area (Å²) in [6, 6.07) is 11.1. The molecule has 0 aromatic heterocycles. The number of nitro benzene ring substituents is 1. The largest absolute Gasteiger partial charge is 0.454 e. The van der Waals surface area contributed by atoms with E-state index in [0.717, 1.165) is 18.7 Å². The fourth-order valence-electron chi connectivity index (χ4n) is 3.64. The topological polar surface area (TPSA) is 114 Å². The molecule has 2 aromatic carbocycles. The summed E-state index contributed by atoms with van der Waals surface area (Å²) in [6.07, 6.45) is 3.15. The number of nitrogens with zero attached hydrogens (tertiary/aromatic N) is 3. The third-order valence-electron chi connectivity index (χ3n) is 5.55. The Balaban J connectivity index is 1.17. The first-order chi connectivity index (χ1) is 16.0. The van der Waals surface area contributed by atoms with Crippen LogP contribution in [0.5, 0.6) is 11.5 Å². The molecule has 0 atom stereocenters. The van der Waals surface area contributed by atoms with Crippen molar-refractivity contribution >= 4 is 23.6 Å². The Bertz CT molecular complexity index is 1060. The molecule has 10 heteroatoms. The number of nitro groups is 1. The normalized spacial score (nSPS) is 15.6. The molecule has 2 aliphatic rings. The van der Waals surface area contributed by atoms with E-state index >= 15 is 0 Å². The van der Waals surface area contributed by atoms with Gasteiger partial charge in [0.2, 0.25) is 12.7 Å². The van der Waals surface area contributed by atoms with E-state index in [1.54, 1.807) is 41.3 Å². The van der Waals surface area contributed by atoms with Crippen molar-refractivity contribution in [3.8, 4) is 11.5 Å². The van der Waals surface area contributed by atoms with Crippen LogP contribution in [0.1, 0.15) is 15.9 Å². The minimum atomic E-state index is -0.457. The molecule has 4 rings (SSSR count). The van der Waals surface area contributed by atoms with Crippen LogP contribution in [-0.2, 0) is 4.79 Å². The third-order valence-corrected chi connectivity index (χ3v) is 5.55. The van der Waals surface area contributed by atoms with Crippen LogP contribution in [0.15, 0.2) is 48.5 Å². The molecule has 33 heavy (non-hydrogen) atoms. The summed E-state index contributed by atoms with van der Waals surface area (Å²) in [5.41, 5.74) is 1.27. The zero-order valence-electron chi connectivity index (χ0n) is 17.9.